The van der Waals surface area contributed by atoms with Gasteiger partial charge < -0.3 is 14.8 Å². The fourth-order valence-electron chi connectivity index (χ4n) is 4.17. The van der Waals surface area contributed by atoms with Crippen LogP contribution in [0.1, 0.15) is 31.9 Å². The van der Waals surface area contributed by atoms with Gasteiger partial charge in [0.2, 0.25) is 0 Å². The lowest BCUT2D eigenvalue weighted by Crippen LogP contribution is -2.49. The summed E-state index contributed by atoms with van der Waals surface area (Å²) in [6.45, 7) is 8.08. The van der Waals surface area contributed by atoms with E-state index >= 15 is 0 Å². The Balaban J connectivity index is 0.00000256. The van der Waals surface area contributed by atoms with E-state index in [2.05, 4.69) is 69.1 Å². The monoisotopic (exact) mass is 518 g/mol. The minimum absolute atomic E-state index is 0. The van der Waals surface area contributed by atoms with E-state index in [0.717, 1.165) is 50.5 Å². The van der Waals surface area contributed by atoms with Crippen molar-refractivity contribution in [3.63, 3.8) is 0 Å². The van der Waals surface area contributed by atoms with Crippen LogP contribution in [0.4, 0.5) is 0 Å². The van der Waals surface area contributed by atoms with Gasteiger partial charge in [0.15, 0.2) is 5.96 Å². The zero-order valence-corrected chi connectivity index (χ0v) is 20.1. The second kappa shape index (κ2) is 10.7. The Morgan fingerprint density at radius 3 is 2.90 bits per heavy atom. The molecule has 6 nitrogen and oxygen atoms in total. The zero-order chi connectivity index (χ0) is 20.1. The summed E-state index contributed by atoms with van der Waals surface area (Å²) in [5, 5.41) is 4.68. The summed E-state index contributed by atoms with van der Waals surface area (Å²) in [7, 11) is 0. The number of benzene rings is 1. The third-order valence-electron chi connectivity index (χ3n) is 5.82. The zero-order valence-electron chi connectivity index (χ0n) is 17.7. The van der Waals surface area contributed by atoms with Crippen molar-refractivity contribution >= 4 is 40.8 Å². The second-order valence-corrected chi connectivity index (χ2v) is 7.77. The molecule has 0 amide bonds. The number of piperidine rings is 1. The molecule has 1 fully saturated rings. The van der Waals surface area contributed by atoms with Gasteiger partial charge in [0.05, 0.1) is 17.9 Å². The van der Waals surface area contributed by atoms with Crippen LogP contribution in [0.3, 0.4) is 0 Å². The number of hydrogen-bond donors (Lipinski definition) is 1. The Labute approximate surface area is 195 Å². The highest BCUT2D eigenvalue weighted by molar-refractivity contribution is 14.0. The van der Waals surface area contributed by atoms with E-state index in [4.69, 9.17) is 4.99 Å². The van der Waals surface area contributed by atoms with Crippen LogP contribution in [-0.2, 0) is 6.42 Å². The number of hydrogen-bond acceptors (Lipinski definition) is 3. The average molecular weight is 518 g/mol. The topological polar surface area (TPSA) is 58.3 Å². The highest BCUT2D eigenvalue weighted by atomic mass is 127. The SMILES string of the molecule is CCNC(=NCCc1cccc2cccnc12)N1CCC(C)C(n2ccnc2)C1.I. The number of imidazole rings is 1. The first-order valence-electron chi connectivity index (χ1n) is 10.6. The molecule has 2 aromatic heterocycles. The number of nitrogens with zero attached hydrogens (tertiary/aromatic N) is 5. The summed E-state index contributed by atoms with van der Waals surface area (Å²) in [5.41, 5.74) is 2.34. The largest absolute Gasteiger partial charge is 0.357 e. The summed E-state index contributed by atoms with van der Waals surface area (Å²) < 4.78 is 2.24. The lowest BCUT2D eigenvalue weighted by atomic mass is 9.93. The van der Waals surface area contributed by atoms with Gasteiger partial charge in [0, 0.05) is 50.2 Å². The van der Waals surface area contributed by atoms with Crippen molar-refractivity contribution in [2.24, 2.45) is 10.9 Å². The summed E-state index contributed by atoms with van der Waals surface area (Å²) in [4.78, 5) is 16.2. The molecule has 1 aliphatic rings. The van der Waals surface area contributed by atoms with E-state index in [1.807, 2.05) is 24.8 Å². The lowest BCUT2D eigenvalue weighted by Gasteiger charge is -2.39. The van der Waals surface area contributed by atoms with Gasteiger partial charge in [0.1, 0.15) is 0 Å². The van der Waals surface area contributed by atoms with E-state index < -0.39 is 0 Å². The molecular weight excluding hydrogens is 487 g/mol. The summed E-state index contributed by atoms with van der Waals surface area (Å²) in [6, 6.07) is 10.9. The van der Waals surface area contributed by atoms with Gasteiger partial charge in [-0.1, -0.05) is 31.2 Å². The van der Waals surface area contributed by atoms with Crippen LogP contribution in [0.25, 0.3) is 10.9 Å². The summed E-state index contributed by atoms with van der Waals surface area (Å²) >= 11 is 0. The second-order valence-electron chi connectivity index (χ2n) is 7.77. The maximum atomic E-state index is 4.96. The molecule has 160 valence electrons. The van der Waals surface area contributed by atoms with Gasteiger partial charge in [-0.05, 0) is 37.3 Å². The first kappa shape index (κ1) is 22.5. The van der Waals surface area contributed by atoms with Crippen LogP contribution >= 0.6 is 24.0 Å². The fraction of sp³-hybridized carbons (Fsp3) is 0.435. The number of guanidine groups is 1. The van der Waals surface area contributed by atoms with Crippen molar-refractivity contribution in [1.29, 1.82) is 0 Å². The van der Waals surface area contributed by atoms with Crippen LogP contribution in [0.5, 0.6) is 0 Å². The summed E-state index contributed by atoms with van der Waals surface area (Å²) in [5.74, 6) is 1.64. The van der Waals surface area contributed by atoms with Crippen LogP contribution in [0, 0.1) is 5.92 Å². The number of para-hydroxylation sites is 1. The highest BCUT2D eigenvalue weighted by Gasteiger charge is 2.28. The molecule has 0 aliphatic carbocycles. The number of aromatic nitrogens is 3. The van der Waals surface area contributed by atoms with Gasteiger partial charge in [0.25, 0.3) is 0 Å². The quantitative estimate of drug-likeness (QED) is 0.314. The van der Waals surface area contributed by atoms with Gasteiger partial charge in [-0.3, -0.25) is 9.98 Å². The minimum Gasteiger partial charge on any atom is -0.357 e. The number of likely N-dealkylation sites (tertiary alicyclic amines) is 1. The molecule has 1 N–H and O–H groups in total. The summed E-state index contributed by atoms with van der Waals surface area (Å²) in [6.07, 6.45) is 9.77. The molecule has 1 aromatic carbocycles. The number of halogens is 1. The molecule has 0 bridgehead atoms. The number of nitrogens with one attached hydrogen (secondary N) is 1. The molecule has 0 saturated carbocycles. The molecule has 1 aliphatic heterocycles. The maximum absolute atomic E-state index is 4.96. The van der Waals surface area contributed by atoms with Crippen molar-refractivity contribution in [1.82, 2.24) is 24.8 Å². The van der Waals surface area contributed by atoms with Gasteiger partial charge >= 0.3 is 0 Å². The third-order valence-corrected chi connectivity index (χ3v) is 5.82. The maximum Gasteiger partial charge on any atom is 0.193 e. The molecule has 30 heavy (non-hydrogen) atoms. The first-order valence-corrected chi connectivity index (χ1v) is 10.6. The van der Waals surface area contributed by atoms with E-state index in [0.29, 0.717) is 12.0 Å². The third kappa shape index (κ3) is 5.11. The van der Waals surface area contributed by atoms with Gasteiger partial charge in [-0.25, -0.2) is 4.98 Å². The average Bonchev–Trinajstić information content (AvgIpc) is 3.28. The molecule has 2 atom stereocenters. The van der Waals surface area contributed by atoms with E-state index in [1.165, 1.54) is 10.9 Å². The standard InChI is InChI=1S/C23H30N6.HI/c1-3-25-23(28-14-10-18(2)21(16-28)29-15-13-24-17-29)27-12-9-20-7-4-6-19-8-5-11-26-22(19)20;/h4-8,11,13,15,17-18,21H,3,9-10,12,14,16H2,1-2H3,(H,25,27);1H. The molecule has 0 radical (unpaired) electrons. The fourth-order valence-corrected chi connectivity index (χ4v) is 4.17. The molecule has 1 saturated heterocycles. The smallest absolute Gasteiger partial charge is 0.193 e. The van der Waals surface area contributed by atoms with Gasteiger partial charge in [-0.15, -0.1) is 24.0 Å². The Kier molecular flexibility index (Phi) is 8.07. The van der Waals surface area contributed by atoms with Gasteiger partial charge in [-0.2, -0.15) is 0 Å². The molecule has 0 spiro atoms. The predicted octanol–water partition coefficient (Wildman–Crippen LogP) is 4.14. The van der Waals surface area contributed by atoms with Crippen molar-refractivity contribution < 1.29 is 0 Å². The Bertz CT molecular complexity index is 950. The van der Waals surface area contributed by atoms with Crippen molar-refractivity contribution in [2.45, 2.75) is 32.7 Å². The Hall–Kier alpha value is -2.16. The Morgan fingerprint density at radius 1 is 1.23 bits per heavy atom. The Morgan fingerprint density at radius 2 is 2.10 bits per heavy atom. The lowest BCUT2D eigenvalue weighted by molar-refractivity contribution is 0.189. The van der Waals surface area contributed by atoms with Crippen LogP contribution < -0.4 is 5.32 Å². The van der Waals surface area contributed by atoms with Crippen molar-refractivity contribution in [2.75, 3.05) is 26.2 Å². The number of fused-ring (bicyclic) bond motifs is 1. The van der Waals surface area contributed by atoms with Crippen molar-refractivity contribution in [3.05, 3.63) is 60.8 Å². The molecular formula is C23H31IN6. The molecule has 4 rings (SSSR count). The molecule has 2 unspecified atom stereocenters. The van der Waals surface area contributed by atoms with Crippen molar-refractivity contribution in [3.8, 4) is 0 Å². The number of rotatable bonds is 5. The predicted molar refractivity (Wildman–Crippen MR) is 133 cm³/mol. The van der Waals surface area contributed by atoms with Crippen LogP contribution in [0.15, 0.2) is 60.2 Å². The van der Waals surface area contributed by atoms with E-state index in [1.54, 1.807) is 0 Å². The molecule has 3 heterocycles. The van der Waals surface area contributed by atoms with Crippen LogP contribution in [-0.4, -0.2) is 51.6 Å². The molecule has 3 aromatic rings. The van der Waals surface area contributed by atoms with E-state index in [-0.39, 0.29) is 24.0 Å². The molecule has 7 heteroatoms. The van der Waals surface area contributed by atoms with Crippen LogP contribution in [0.2, 0.25) is 0 Å². The number of aliphatic imine (C=N–C) groups is 1. The first-order chi connectivity index (χ1) is 14.3. The minimum atomic E-state index is 0. The number of pyridine rings is 1. The normalized spacial score (nSPS) is 19.5. The van der Waals surface area contributed by atoms with E-state index in [9.17, 15) is 0 Å². The highest BCUT2D eigenvalue weighted by Crippen LogP contribution is 2.27.